The molecule has 0 spiro atoms. The van der Waals surface area contributed by atoms with E-state index in [1.54, 1.807) is 0 Å². The van der Waals surface area contributed by atoms with Crippen LogP contribution in [0.2, 0.25) is 0 Å². The molecule has 0 rings (SSSR count). The predicted octanol–water partition coefficient (Wildman–Crippen LogP) is 1.89. The molecule has 0 aromatic carbocycles. The highest BCUT2D eigenvalue weighted by atomic mass is 31.7. The monoisotopic (exact) mass is 108 g/mol. The first-order valence-electron chi connectivity index (χ1n) is 1.43. The van der Waals surface area contributed by atoms with Gasteiger partial charge in [0.25, 0.3) is 0 Å². The third-order valence-corrected chi connectivity index (χ3v) is 1.81. The Morgan fingerprint density at radius 3 is 2.20 bits per heavy atom. The normalized spacial score (nSPS) is 11.0. The molecule has 0 radical (unpaired) electrons. The summed E-state index contributed by atoms with van der Waals surface area (Å²) in [6.45, 7) is 1.87. The van der Waals surface area contributed by atoms with E-state index in [2.05, 4.69) is 8.53 Å². The van der Waals surface area contributed by atoms with Crippen molar-refractivity contribution in [2.45, 2.75) is 6.92 Å². The molecule has 0 saturated carbocycles. The van der Waals surface area contributed by atoms with E-state index in [4.69, 9.17) is 0 Å². The summed E-state index contributed by atoms with van der Waals surface area (Å²) in [6, 6.07) is 0. The summed E-state index contributed by atoms with van der Waals surface area (Å²) >= 11 is 0. The highest BCUT2D eigenvalue weighted by molar-refractivity contribution is 7.78. The molecule has 0 bridgehead atoms. The quantitative estimate of drug-likeness (QED) is 0.468. The zero-order valence-electron chi connectivity index (χ0n) is 3.06. The molecule has 0 aromatic heterocycles. The largest absolute Gasteiger partial charge is 0.278 e. The first kappa shape index (κ1) is 5.40. The standard InChI is InChI=1S/C2H6OP2/c1-2-5(3)4/h4H,2H2,1H3. The Labute approximate surface area is 34.2 Å². The van der Waals surface area contributed by atoms with E-state index in [1.165, 1.54) is 0 Å². The highest BCUT2D eigenvalue weighted by Crippen LogP contribution is 2.07. The SMILES string of the molecule is CCP(=O)=P. The third-order valence-electron chi connectivity index (χ3n) is 0.287. The maximum atomic E-state index is 9.87. The molecule has 0 heterocycles. The van der Waals surface area contributed by atoms with E-state index in [-0.39, 0.29) is 0 Å². The van der Waals surface area contributed by atoms with Gasteiger partial charge in [-0.15, -0.1) is 0 Å². The molecule has 3 heteroatoms. The van der Waals surface area contributed by atoms with Crippen molar-refractivity contribution in [2.75, 3.05) is 6.16 Å². The van der Waals surface area contributed by atoms with Crippen LogP contribution in [0.5, 0.6) is 0 Å². The molecule has 0 saturated heterocycles. The molecule has 0 aromatic rings. The Kier molecular flexibility index (Phi) is 2.84. The molecule has 0 N–H and O–H groups in total. The zero-order chi connectivity index (χ0) is 4.28. The smallest absolute Gasteiger partial charge is 0.116 e. The minimum Gasteiger partial charge on any atom is -0.278 e. The van der Waals surface area contributed by atoms with Crippen molar-refractivity contribution in [3.8, 4) is 0 Å². The molecule has 1 atom stereocenters. The fraction of sp³-hybridized carbons (Fsp3) is 1.00. The molecule has 0 aliphatic carbocycles. The predicted molar refractivity (Wildman–Crippen MR) is 26.5 cm³/mol. The molecule has 0 amide bonds. The first-order valence-corrected chi connectivity index (χ1v) is 4.22. The summed E-state index contributed by atoms with van der Waals surface area (Å²) in [6.07, 6.45) is 0.728. The second-order valence-corrected chi connectivity index (χ2v) is 3.58. The molecule has 0 aliphatic rings. The summed E-state index contributed by atoms with van der Waals surface area (Å²) in [5, 5.41) is 0. The van der Waals surface area contributed by atoms with Gasteiger partial charge in [0.2, 0.25) is 0 Å². The van der Waals surface area contributed by atoms with Crippen LogP contribution in [0.4, 0.5) is 0 Å². The minimum absolute atomic E-state index is 0.728. The summed E-state index contributed by atoms with van der Waals surface area (Å²) in [5.41, 5.74) is 0. The summed E-state index contributed by atoms with van der Waals surface area (Å²) in [7, 11) is 1.88. The average Bonchev–Trinajstić information content (AvgIpc) is 1.38. The third kappa shape index (κ3) is 4.40. The Morgan fingerprint density at radius 2 is 2.20 bits per heavy atom. The van der Waals surface area contributed by atoms with Crippen LogP contribution in [-0.4, -0.2) is 6.16 Å². The van der Waals surface area contributed by atoms with Crippen LogP contribution in [-0.2, 0) is 4.57 Å². The van der Waals surface area contributed by atoms with Gasteiger partial charge in [-0.3, -0.25) is 4.57 Å². The molecule has 0 fully saturated rings. The zero-order valence-corrected chi connectivity index (χ0v) is 4.96. The van der Waals surface area contributed by atoms with Crippen LogP contribution in [0.25, 0.3) is 0 Å². The van der Waals surface area contributed by atoms with Gasteiger partial charge >= 0.3 is 0 Å². The Morgan fingerprint density at radius 1 is 2.00 bits per heavy atom. The maximum Gasteiger partial charge on any atom is 0.116 e. The van der Waals surface area contributed by atoms with E-state index < -0.39 is 7.09 Å². The maximum absolute atomic E-state index is 9.87. The van der Waals surface area contributed by atoms with Crippen LogP contribution in [0.15, 0.2) is 0 Å². The second kappa shape index (κ2) is 2.63. The van der Waals surface area contributed by atoms with Gasteiger partial charge < -0.3 is 0 Å². The molecule has 1 unspecified atom stereocenters. The van der Waals surface area contributed by atoms with Crippen molar-refractivity contribution in [1.82, 2.24) is 0 Å². The van der Waals surface area contributed by atoms with E-state index in [1.807, 2.05) is 6.92 Å². The first-order chi connectivity index (χ1) is 2.27. The van der Waals surface area contributed by atoms with Gasteiger partial charge in [-0.25, -0.2) is 0 Å². The number of hydrogen-bond acceptors (Lipinski definition) is 1. The van der Waals surface area contributed by atoms with Gasteiger partial charge in [0.05, 0.1) is 0 Å². The van der Waals surface area contributed by atoms with E-state index in [0.717, 1.165) is 6.16 Å². The molecule has 1 nitrogen and oxygen atoms in total. The fourth-order valence-corrected chi connectivity index (χ4v) is 0. The van der Waals surface area contributed by atoms with Crippen LogP contribution in [0, 0.1) is 0 Å². The molecule has 30 valence electrons. The Hall–Kier alpha value is 0.400. The van der Waals surface area contributed by atoms with Crippen LogP contribution in [0.1, 0.15) is 6.92 Å². The van der Waals surface area contributed by atoms with Crippen molar-refractivity contribution < 1.29 is 4.57 Å². The highest BCUT2D eigenvalue weighted by Gasteiger charge is 1.64. The average molecular weight is 108 g/mol. The van der Waals surface area contributed by atoms with Crippen molar-refractivity contribution in [3.63, 3.8) is 0 Å². The Balaban J connectivity index is 3.23. The van der Waals surface area contributed by atoms with E-state index in [0.29, 0.717) is 0 Å². The lowest BCUT2D eigenvalue weighted by Crippen LogP contribution is -1.43. The van der Waals surface area contributed by atoms with Crippen molar-refractivity contribution in [3.05, 3.63) is 0 Å². The summed E-state index contributed by atoms with van der Waals surface area (Å²) in [5.74, 6) is 0. The van der Waals surface area contributed by atoms with Crippen molar-refractivity contribution in [1.29, 1.82) is 0 Å². The van der Waals surface area contributed by atoms with Gasteiger partial charge in [-0.2, -0.15) is 0 Å². The summed E-state index contributed by atoms with van der Waals surface area (Å²) in [4.78, 5) is 0. The van der Waals surface area contributed by atoms with Gasteiger partial charge in [-0.05, 0) is 0 Å². The van der Waals surface area contributed by atoms with Crippen molar-refractivity contribution in [2.24, 2.45) is 0 Å². The number of hydrogen-bond donors (Lipinski definition) is 0. The van der Waals surface area contributed by atoms with Gasteiger partial charge in [0, 0.05) is 6.16 Å². The van der Waals surface area contributed by atoms with Crippen molar-refractivity contribution >= 4 is 15.6 Å². The fourth-order valence-electron chi connectivity index (χ4n) is 0. The van der Waals surface area contributed by atoms with E-state index in [9.17, 15) is 4.57 Å². The molecule has 5 heavy (non-hydrogen) atoms. The van der Waals surface area contributed by atoms with Crippen LogP contribution >= 0.6 is 15.6 Å². The lowest BCUT2D eigenvalue weighted by Gasteiger charge is -1.60. The molecule has 0 aliphatic heterocycles. The topological polar surface area (TPSA) is 17.1 Å². The van der Waals surface area contributed by atoms with Crippen LogP contribution < -0.4 is 0 Å². The van der Waals surface area contributed by atoms with E-state index >= 15 is 0 Å². The lowest BCUT2D eigenvalue weighted by atomic mass is 11.0. The van der Waals surface area contributed by atoms with Gasteiger partial charge in [-0.1, -0.05) is 15.5 Å². The minimum atomic E-state index is -1.04. The Bertz CT molecular complexity index is 65.7. The lowest BCUT2D eigenvalue weighted by molar-refractivity contribution is 0.598. The summed E-state index contributed by atoms with van der Waals surface area (Å²) < 4.78 is 9.87. The second-order valence-electron chi connectivity index (χ2n) is 0.695. The molecular formula is C2H6OP2. The molecular weight excluding hydrogens is 102 g/mol. The number of rotatable bonds is 1. The van der Waals surface area contributed by atoms with Gasteiger partial charge in [0.1, 0.15) is 7.09 Å². The van der Waals surface area contributed by atoms with Gasteiger partial charge in [0.15, 0.2) is 0 Å². The van der Waals surface area contributed by atoms with Crippen LogP contribution in [0.3, 0.4) is 0 Å².